The van der Waals surface area contributed by atoms with Crippen molar-refractivity contribution in [1.82, 2.24) is 4.57 Å². The summed E-state index contributed by atoms with van der Waals surface area (Å²) in [7, 11) is 0. The molecule has 2 heterocycles. The van der Waals surface area contributed by atoms with Crippen molar-refractivity contribution in [2.75, 3.05) is 0 Å². The van der Waals surface area contributed by atoms with Crippen molar-refractivity contribution in [3.63, 3.8) is 0 Å². The van der Waals surface area contributed by atoms with Gasteiger partial charge in [-0.3, -0.25) is 0 Å². The fourth-order valence-corrected chi connectivity index (χ4v) is 1.57. The van der Waals surface area contributed by atoms with Crippen molar-refractivity contribution in [1.29, 1.82) is 5.26 Å². The first-order valence-corrected chi connectivity index (χ1v) is 3.68. The molecule has 1 aromatic heterocycles. The lowest BCUT2D eigenvalue weighted by atomic mass is 10.2. The Morgan fingerprint density at radius 3 is 3.00 bits per heavy atom. The molecule has 0 saturated heterocycles. The molecule has 0 radical (unpaired) electrons. The molecule has 0 unspecified atom stereocenters. The molecule has 64 valence electrons. The third-order valence-corrected chi connectivity index (χ3v) is 2.17. The lowest BCUT2D eigenvalue weighted by Gasteiger charge is -1.98. The number of nitrogens with zero attached hydrogens (tertiary/aromatic N) is 2. The molecule has 0 saturated carbocycles. The Morgan fingerprint density at radius 1 is 1.58 bits per heavy atom. The monoisotopic (exact) mass is 183 g/mol. The highest BCUT2D eigenvalue weighted by Gasteiger charge is 2.20. The second kappa shape index (κ2) is 3.18. The molecule has 2 rings (SSSR count). The average molecular weight is 184 g/mol. The summed E-state index contributed by atoms with van der Waals surface area (Å²) in [6.07, 6.45) is 0.963. The molecule has 2 N–H and O–H groups in total. The van der Waals surface area contributed by atoms with Gasteiger partial charge < -0.3 is 10.3 Å². The van der Waals surface area contributed by atoms with Crippen molar-refractivity contribution < 1.29 is 0 Å². The molecule has 4 heteroatoms. The molecule has 0 spiro atoms. The SMILES string of the molecule is Cl.N#Cc1ccc2n1CC[C@@H]2N. The van der Waals surface area contributed by atoms with Crippen molar-refractivity contribution in [3.05, 3.63) is 23.5 Å². The van der Waals surface area contributed by atoms with Crippen LogP contribution >= 0.6 is 12.4 Å². The van der Waals surface area contributed by atoms with Gasteiger partial charge in [-0.15, -0.1) is 12.4 Å². The van der Waals surface area contributed by atoms with Gasteiger partial charge in [0.15, 0.2) is 0 Å². The molecule has 12 heavy (non-hydrogen) atoms. The van der Waals surface area contributed by atoms with Gasteiger partial charge in [0.1, 0.15) is 11.8 Å². The van der Waals surface area contributed by atoms with Crippen LogP contribution in [0.4, 0.5) is 0 Å². The van der Waals surface area contributed by atoms with E-state index in [9.17, 15) is 0 Å². The molecule has 0 fully saturated rings. The molecule has 0 amide bonds. The predicted octanol–water partition coefficient (Wildman–Crippen LogP) is 1.19. The van der Waals surface area contributed by atoms with Gasteiger partial charge in [-0.05, 0) is 18.6 Å². The first kappa shape index (κ1) is 9.11. The van der Waals surface area contributed by atoms with Crippen LogP contribution in [-0.2, 0) is 6.54 Å². The Balaban J connectivity index is 0.000000720. The van der Waals surface area contributed by atoms with E-state index in [2.05, 4.69) is 6.07 Å². The Bertz CT molecular complexity index is 324. The topological polar surface area (TPSA) is 54.7 Å². The molecule has 3 nitrogen and oxygen atoms in total. The fraction of sp³-hybridized carbons (Fsp3) is 0.375. The second-order valence-electron chi connectivity index (χ2n) is 2.80. The van der Waals surface area contributed by atoms with Crippen LogP contribution in [0.1, 0.15) is 23.9 Å². The van der Waals surface area contributed by atoms with Gasteiger partial charge in [0.2, 0.25) is 0 Å². The normalized spacial score (nSPS) is 19.5. The van der Waals surface area contributed by atoms with E-state index in [0.29, 0.717) is 0 Å². The van der Waals surface area contributed by atoms with Crippen LogP contribution in [0.3, 0.4) is 0 Å². The van der Waals surface area contributed by atoms with Gasteiger partial charge in [0.25, 0.3) is 0 Å². The molecule has 1 aliphatic heterocycles. The van der Waals surface area contributed by atoms with E-state index >= 15 is 0 Å². The molecular formula is C8H10ClN3. The van der Waals surface area contributed by atoms with E-state index in [1.165, 1.54) is 0 Å². The smallest absolute Gasteiger partial charge is 0.120 e. The fourth-order valence-electron chi connectivity index (χ4n) is 1.57. The number of nitriles is 1. The number of nitrogens with two attached hydrogens (primary N) is 1. The van der Waals surface area contributed by atoms with E-state index in [0.717, 1.165) is 24.4 Å². The van der Waals surface area contributed by atoms with Crippen LogP contribution in [0.2, 0.25) is 0 Å². The number of aromatic nitrogens is 1. The van der Waals surface area contributed by atoms with Crippen LogP contribution in [0, 0.1) is 11.3 Å². The lowest BCUT2D eigenvalue weighted by Crippen LogP contribution is -2.04. The highest BCUT2D eigenvalue weighted by molar-refractivity contribution is 5.85. The number of hydrogen-bond acceptors (Lipinski definition) is 2. The Kier molecular flexibility index (Phi) is 2.41. The van der Waals surface area contributed by atoms with Crippen molar-refractivity contribution in [3.8, 4) is 6.07 Å². The highest BCUT2D eigenvalue weighted by Crippen LogP contribution is 2.25. The van der Waals surface area contributed by atoms with Crippen molar-refractivity contribution in [2.45, 2.75) is 19.0 Å². The zero-order valence-electron chi connectivity index (χ0n) is 6.53. The van der Waals surface area contributed by atoms with Crippen LogP contribution in [0.15, 0.2) is 12.1 Å². The first-order chi connectivity index (χ1) is 5.33. The number of fused-ring (bicyclic) bond motifs is 1. The summed E-state index contributed by atoms with van der Waals surface area (Å²) in [5.74, 6) is 0. The maximum atomic E-state index is 8.67. The summed E-state index contributed by atoms with van der Waals surface area (Å²) in [5.41, 5.74) is 7.61. The second-order valence-corrected chi connectivity index (χ2v) is 2.80. The highest BCUT2D eigenvalue weighted by atomic mass is 35.5. The molecular weight excluding hydrogens is 174 g/mol. The number of halogens is 1. The minimum absolute atomic E-state index is 0. The van der Waals surface area contributed by atoms with Gasteiger partial charge >= 0.3 is 0 Å². The summed E-state index contributed by atoms with van der Waals surface area (Å²) in [6, 6.07) is 6.04. The van der Waals surface area contributed by atoms with Gasteiger partial charge in [0.05, 0.1) is 0 Å². The summed E-state index contributed by atoms with van der Waals surface area (Å²) in [6.45, 7) is 0.895. The summed E-state index contributed by atoms with van der Waals surface area (Å²) >= 11 is 0. The number of rotatable bonds is 0. The minimum atomic E-state index is 0. The van der Waals surface area contributed by atoms with E-state index in [-0.39, 0.29) is 18.4 Å². The van der Waals surface area contributed by atoms with Crippen LogP contribution < -0.4 is 5.73 Å². The molecule has 1 atom stereocenters. The zero-order chi connectivity index (χ0) is 7.84. The minimum Gasteiger partial charge on any atom is -0.335 e. The Labute approximate surface area is 77.2 Å². The Hall–Kier alpha value is -0.980. The third kappa shape index (κ3) is 1.09. The molecule has 0 aliphatic carbocycles. The molecule has 0 aromatic carbocycles. The van der Waals surface area contributed by atoms with Gasteiger partial charge in [0, 0.05) is 18.3 Å². The quantitative estimate of drug-likeness (QED) is 0.657. The van der Waals surface area contributed by atoms with E-state index in [1.54, 1.807) is 0 Å². The van der Waals surface area contributed by atoms with Gasteiger partial charge in [-0.1, -0.05) is 0 Å². The number of hydrogen-bond donors (Lipinski definition) is 1. The van der Waals surface area contributed by atoms with Gasteiger partial charge in [-0.25, -0.2) is 0 Å². The van der Waals surface area contributed by atoms with Crippen molar-refractivity contribution >= 4 is 12.4 Å². The van der Waals surface area contributed by atoms with Crippen LogP contribution in [0.5, 0.6) is 0 Å². The summed E-state index contributed by atoms with van der Waals surface area (Å²) in [5, 5.41) is 8.67. The van der Waals surface area contributed by atoms with E-state index < -0.39 is 0 Å². The lowest BCUT2D eigenvalue weighted by molar-refractivity contribution is 0.681. The van der Waals surface area contributed by atoms with Gasteiger partial charge in [-0.2, -0.15) is 5.26 Å². The predicted molar refractivity (Wildman–Crippen MR) is 47.9 cm³/mol. The Morgan fingerprint density at radius 2 is 2.33 bits per heavy atom. The largest absolute Gasteiger partial charge is 0.335 e. The van der Waals surface area contributed by atoms with Crippen LogP contribution in [0.25, 0.3) is 0 Å². The molecule has 1 aliphatic rings. The molecule has 0 bridgehead atoms. The van der Waals surface area contributed by atoms with E-state index in [4.69, 9.17) is 11.0 Å². The van der Waals surface area contributed by atoms with Crippen LogP contribution in [-0.4, -0.2) is 4.57 Å². The zero-order valence-corrected chi connectivity index (χ0v) is 7.34. The first-order valence-electron chi connectivity index (χ1n) is 3.68. The summed E-state index contributed by atoms with van der Waals surface area (Å²) < 4.78 is 1.99. The van der Waals surface area contributed by atoms with E-state index in [1.807, 2.05) is 16.7 Å². The maximum Gasteiger partial charge on any atom is 0.120 e. The molecule has 1 aromatic rings. The maximum absolute atomic E-state index is 8.67. The standard InChI is InChI=1S/C8H9N3.ClH/c9-5-6-1-2-8-7(10)3-4-11(6)8;/h1-2,7H,3-4,10H2;1H/t7-;/m0./s1. The van der Waals surface area contributed by atoms with Crippen molar-refractivity contribution in [2.24, 2.45) is 5.73 Å². The average Bonchev–Trinajstić information content (AvgIpc) is 2.53. The summed E-state index contributed by atoms with van der Waals surface area (Å²) in [4.78, 5) is 0. The third-order valence-electron chi connectivity index (χ3n) is 2.17.